The summed E-state index contributed by atoms with van der Waals surface area (Å²) in [6.45, 7) is 2.97. The van der Waals surface area contributed by atoms with E-state index in [1.807, 2.05) is 0 Å². The molecule has 2 rings (SSSR count). The van der Waals surface area contributed by atoms with Crippen LogP contribution in [0.1, 0.15) is 17.9 Å². The average molecular weight is 388 g/mol. The number of benzene rings is 1. The zero-order chi connectivity index (χ0) is 18.6. The van der Waals surface area contributed by atoms with Crippen molar-refractivity contribution in [3.63, 3.8) is 0 Å². The number of aromatic nitrogens is 1. The third kappa shape index (κ3) is 4.71. The van der Waals surface area contributed by atoms with E-state index < -0.39 is 10.0 Å². The van der Waals surface area contributed by atoms with Crippen LogP contribution in [0.4, 0.5) is 5.69 Å². The number of carbonyl (C=O) groups is 1. The third-order valence-electron chi connectivity index (χ3n) is 3.32. The maximum Gasteiger partial charge on any atom is 0.245 e. The normalized spacial score (nSPS) is 11.4. The molecule has 0 saturated heterocycles. The van der Waals surface area contributed by atoms with Gasteiger partial charge in [-0.25, -0.2) is 13.1 Å². The Morgan fingerprint density at radius 1 is 1.36 bits per heavy atom. The van der Waals surface area contributed by atoms with Crippen LogP contribution in [0, 0.1) is 13.8 Å². The van der Waals surface area contributed by atoms with Crippen LogP contribution < -0.4 is 14.8 Å². The van der Waals surface area contributed by atoms with Gasteiger partial charge in [0.05, 0.1) is 12.1 Å². The number of methoxy groups -OCH3 is 1. The van der Waals surface area contributed by atoms with Gasteiger partial charge in [0, 0.05) is 18.7 Å². The maximum absolute atomic E-state index is 12.2. The van der Waals surface area contributed by atoms with Crippen molar-refractivity contribution in [2.75, 3.05) is 19.0 Å². The molecule has 136 valence electrons. The summed E-state index contributed by atoms with van der Waals surface area (Å²) >= 11 is 5.98. The number of rotatable bonds is 7. The van der Waals surface area contributed by atoms with Crippen molar-refractivity contribution in [3.05, 3.63) is 34.7 Å². The standard InChI is InChI=1S/C15H18ClN3O5S/c1-9-15(10(2)24-19-9)25(21,22)17-7-6-14(20)18-11-4-5-13(23-3)12(16)8-11/h4-5,8,17H,6-7H2,1-3H3,(H,18,20). The van der Waals surface area contributed by atoms with Gasteiger partial charge < -0.3 is 14.6 Å². The number of anilines is 1. The number of aryl methyl sites for hydroxylation is 2. The molecule has 0 aliphatic heterocycles. The Kier molecular flexibility index (Phi) is 6.04. The van der Waals surface area contributed by atoms with Crippen LogP contribution in [0.2, 0.25) is 5.02 Å². The van der Waals surface area contributed by atoms with Gasteiger partial charge in [-0.05, 0) is 32.0 Å². The Balaban J connectivity index is 1.91. The molecule has 0 bridgehead atoms. The van der Waals surface area contributed by atoms with E-state index in [1.54, 1.807) is 18.2 Å². The van der Waals surface area contributed by atoms with Crippen molar-refractivity contribution in [2.24, 2.45) is 0 Å². The Morgan fingerprint density at radius 3 is 2.64 bits per heavy atom. The molecule has 2 aromatic rings. The Morgan fingerprint density at radius 2 is 2.08 bits per heavy atom. The van der Waals surface area contributed by atoms with Crippen LogP contribution in [-0.2, 0) is 14.8 Å². The van der Waals surface area contributed by atoms with Crippen molar-refractivity contribution in [3.8, 4) is 5.75 Å². The number of sulfonamides is 1. The molecule has 0 aliphatic carbocycles. The number of hydrogen-bond donors (Lipinski definition) is 2. The lowest BCUT2D eigenvalue weighted by Gasteiger charge is -2.09. The summed E-state index contributed by atoms with van der Waals surface area (Å²) in [6.07, 6.45) is -0.0494. The minimum Gasteiger partial charge on any atom is -0.495 e. The second kappa shape index (κ2) is 7.85. The second-order valence-corrected chi connectivity index (χ2v) is 7.31. The number of amides is 1. The summed E-state index contributed by atoms with van der Waals surface area (Å²) in [4.78, 5) is 11.9. The predicted molar refractivity (Wildman–Crippen MR) is 92.4 cm³/mol. The van der Waals surface area contributed by atoms with Gasteiger partial charge in [0.25, 0.3) is 0 Å². The lowest BCUT2D eigenvalue weighted by Crippen LogP contribution is -2.28. The SMILES string of the molecule is COc1ccc(NC(=O)CCNS(=O)(=O)c2c(C)noc2C)cc1Cl. The van der Waals surface area contributed by atoms with E-state index in [0.717, 1.165) is 0 Å². The van der Waals surface area contributed by atoms with E-state index in [9.17, 15) is 13.2 Å². The first-order chi connectivity index (χ1) is 11.7. The molecule has 1 heterocycles. The summed E-state index contributed by atoms with van der Waals surface area (Å²) in [5.74, 6) is 0.330. The van der Waals surface area contributed by atoms with Crippen molar-refractivity contribution in [2.45, 2.75) is 25.2 Å². The van der Waals surface area contributed by atoms with E-state index in [2.05, 4.69) is 15.2 Å². The lowest BCUT2D eigenvalue weighted by molar-refractivity contribution is -0.116. The highest BCUT2D eigenvalue weighted by Gasteiger charge is 2.23. The Hall–Kier alpha value is -2.10. The van der Waals surface area contributed by atoms with Crippen LogP contribution >= 0.6 is 11.6 Å². The topological polar surface area (TPSA) is 111 Å². The van der Waals surface area contributed by atoms with E-state index in [0.29, 0.717) is 16.5 Å². The molecule has 1 aromatic heterocycles. The number of nitrogens with zero attached hydrogens (tertiary/aromatic N) is 1. The molecule has 0 unspecified atom stereocenters. The van der Waals surface area contributed by atoms with Gasteiger partial charge in [0.15, 0.2) is 5.76 Å². The molecular weight excluding hydrogens is 370 g/mol. The largest absolute Gasteiger partial charge is 0.495 e. The number of halogens is 1. The van der Waals surface area contributed by atoms with Gasteiger partial charge in [0.1, 0.15) is 16.3 Å². The van der Waals surface area contributed by atoms with Crippen molar-refractivity contribution in [1.82, 2.24) is 9.88 Å². The van der Waals surface area contributed by atoms with Crippen LogP contribution in [0.15, 0.2) is 27.6 Å². The first-order valence-corrected chi connectivity index (χ1v) is 9.16. The minimum absolute atomic E-state index is 0.00477. The monoisotopic (exact) mass is 387 g/mol. The fraction of sp³-hybridized carbons (Fsp3) is 0.333. The van der Waals surface area contributed by atoms with E-state index >= 15 is 0 Å². The van der Waals surface area contributed by atoms with E-state index in [4.69, 9.17) is 20.9 Å². The molecule has 0 saturated carbocycles. The van der Waals surface area contributed by atoms with Crippen LogP contribution in [-0.4, -0.2) is 33.1 Å². The Bertz CT molecular complexity index is 860. The molecule has 25 heavy (non-hydrogen) atoms. The molecule has 0 atom stereocenters. The van der Waals surface area contributed by atoms with Gasteiger partial charge in [-0.3, -0.25) is 4.79 Å². The van der Waals surface area contributed by atoms with E-state index in [-0.39, 0.29) is 35.2 Å². The summed E-state index contributed by atoms with van der Waals surface area (Å²) in [5, 5.41) is 6.60. The summed E-state index contributed by atoms with van der Waals surface area (Å²) in [5.41, 5.74) is 0.756. The molecule has 0 fully saturated rings. The quantitative estimate of drug-likeness (QED) is 0.753. The fourth-order valence-electron chi connectivity index (χ4n) is 2.20. The lowest BCUT2D eigenvalue weighted by atomic mass is 10.3. The zero-order valence-electron chi connectivity index (χ0n) is 13.9. The van der Waals surface area contributed by atoms with Gasteiger partial charge >= 0.3 is 0 Å². The number of hydrogen-bond acceptors (Lipinski definition) is 6. The average Bonchev–Trinajstić information content (AvgIpc) is 2.87. The first-order valence-electron chi connectivity index (χ1n) is 7.30. The van der Waals surface area contributed by atoms with Gasteiger partial charge in [-0.2, -0.15) is 0 Å². The minimum atomic E-state index is -3.79. The molecule has 0 radical (unpaired) electrons. The molecular formula is C15H18ClN3O5S. The molecule has 10 heteroatoms. The molecule has 8 nitrogen and oxygen atoms in total. The summed E-state index contributed by atoms with van der Waals surface area (Å²) in [6, 6.07) is 4.81. The number of nitrogens with one attached hydrogen (secondary N) is 2. The van der Waals surface area contributed by atoms with Gasteiger partial charge in [-0.1, -0.05) is 16.8 Å². The van der Waals surface area contributed by atoms with E-state index in [1.165, 1.54) is 21.0 Å². The van der Waals surface area contributed by atoms with Crippen molar-refractivity contribution >= 4 is 33.2 Å². The molecule has 0 aliphatic rings. The highest BCUT2D eigenvalue weighted by molar-refractivity contribution is 7.89. The van der Waals surface area contributed by atoms with Crippen LogP contribution in [0.5, 0.6) is 5.75 Å². The van der Waals surface area contributed by atoms with Crippen LogP contribution in [0.3, 0.4) is 0 Å². The molecule has 0 spiro atoms. The zero-order valence-corrected chi connectivity index (χ0v) is 15.5. The summed E-state index contributed by atoms with van der Waals surface area (Å²) < 4.78 is 36.7. The summed E-state index contributed by atoms with van der Waals surface area (Å²) in [7, 11) is -2.30. The number of ether oxygens (including phenoxy) is 1. The fourth-order valence-corrected chi connectivity index (χ4v) is 3.81. The van der Waals surface area contributed by atoms with Gasteiger partial charge in [-0.15, -0.1) is 0 Å². The molecule has 1 aromatic carbocycles. The van der Waals surface area contributed by atoms with Crippen molar-refractivity contribution in [1.29, 1.82) is 0 Å². The highest BCUT2D eigenvalue weighted by Crippen LogP contribution is 2.27. The second-order valence-electron chi connectivity index (χ2n) is 5.20. The molecule has 1 amide bonds. The smallest absolute Gasteiger partial charge is 0.245 e. The third-order valence-corrected chi connectivity index (χ3v) is 5.32. The highest BCUT2D eigenvalue weighted by atomic mass is 35.5. The molecule has 2 N–H and O–H groups in total. The van der Waals surface area contributed by atoms with Crippen molar-refractivity contribution < 1.29 is 22.5 Å². The van der Waals surface area contributed by atoms with Gasteiger partial charge in [0.2, 0.25) is 15.9 Å². The Labute approximate surface area is 150 Å². The number of carbonyl (C=O) groups excluding carboxylic acids is 1. The first kappa shape index (κ1) is 19.2. The maximum atomic E-state index is 12.2. The van der Waals surface area contributed by atoms with Crippen LogP contribution in [0.25, 0.3) is 0 Å². The predicted octanol–water partition coefficient (Wildman–Crippen LogP) is 2.26.